The van der Waals surface area contributed by atoms with Crippen LogP contribution in [0, 0.1) is 5.41 Å². The van der Waals surface area contributed by atoms with Crippen molar-refractivity contribution in [1.82, 2.24) is 0 Å². The lowest BCUT2D eigenvalue weighted by Crippen LogP contribution is -2.34. The number of ether oxygens (including phenoxy) is 3. The Balaban J connectivity index is 4.73. The maximum absolute atomic E-state index is 11.9. The van der Waals surface area contributed by atoms with E-state index >= 15 is 0 Å². The quantitative estimate of drug-likeness (QED) is 0.305. The molecule has 0 heterocycles. The summed E-state index contributed by atoms with van der Waals surface area (Å²) in [5, 5.41) is 0. The fraction of sp³-hybridized carbons (Fsp3) is 0.625. The summed E-state index contributed by atoms with van der Waals surface area (Å²) in [6.45, 7) is 8.40. The zero-order valence-corrected chi connectivity index (χ0v) is 14.2. The van der Waals surface area contributed by atoms with Crippen LogP contribution in [0.2, 0.25) is 0 Å². The fourth-order valence-electron chi connectivity index (χ4n) is 1.30. The van der Waals surface area contributed by atoms with Gasteiger partial charge in [-0.1, -0.05) is 13.3 Å². The van der Waals surface area contributed by atoms with Crippen LogP contribution in [0.5, 0.6) is 0 Å². The van der Waals surface area contributed by atoms with Crippen molar-refractivity contribution in [3.63, 3.8) is 0 Å². The Labute approximate surface area is 136 Å². The molecule has 1 unspecified atom stereocenters. The predicted molar refractivity (Wildman–Crippen MR) is 81.1 cm³/mol. The van der Waals surface area contributed by atoms with Crippen molar-refractivity contribution in [1.29, 1.82) is 0 Å². The second-order valence-corrected chi connectivity index (χ2v) is 5.76. The van der Waals surface area contributed by atoms with Crippen molar-refractivity contribution in [3.8, 4) is 0 Å². The molecule has 0 spiro atoms. The highest BCUT2D eigenvalue weighted by Gasteiger charge is 2.30. The van der Waals surface area contributed by atoms with Crippen LogP contribution in [0.15, 0.2) is 12.2 Å². The molecule has 0 amide bonds. The van der Waals surface area contributed by atoms with E-state index in [1.165, 1.54) is 0 Å². The molecule has 23 heavy (non-hydrogen) atoms. The van der Waals surface area contributed by atoms with Gasteiger partial charge >= 0.3 is 23.9 Å². The first-order chi connectivity index (χ1) is 10.6. The van der Waals surface area contributed by atoms with Crippen molar-refractivity contribution in [2.45, 2.75) is 53.6 Å². The average Bonchev–Trinajstić information content (AvgIpc) is 2.43. The van der Waals surface area contributed by atoms with Crippen LogP contribution in [0.25, 0.3) is 0 Å². The lowest BCUT2D eigenvalue weighted by Gasteiger charge is -2.19. The molecule has 0 saturated heterocycles. The molecule has 130 valence electrons. The molecule has 0 aliphatic carbocycles. The average molecular weight is 328 g/mol. The van der Waals surface area contributed by atoms with Gasteiger partial charge in [-0.15, -0.1) is 0 Å². The number of esters is 4. The Morgan fingerprint density at radius 3 is 2.04 bits per heavy atom. The minimum absolute atomic E-state index is 0.178. The fourth-order valence-corrected chi connectivity index (χ4v) is 1.30. The van der Waals surface area contributed by atoms with Gasteiger partial charge in [0.1, 0.15) is 0 Å². The molecule has 7 heteroatoms. The third kappa shape index (κ3) is 8.75. The molecule has 1 atom stereocenters. The van der Waals surface area contributed by atoms with Crippen molar-refractivity contribution in [2.75, 3.05) is 6.61 Å². The molecule has 0 rings (SSSR count). The summed E-state index contributed by atoms with van der Waals surface area (Å²) >= 11 is 0. The SMILES string of the molecule is CCCC(OC(=O)/C=C\C(=O)OCC)C(=O)OC(=O)C(C)(C)C. The Morgan fingerprint density at radius 1 is 1.00 bits per heavy atom. The maximum atomic E-state index is 11.9. The smallest absolute Gasteiger partial charge is 0.355 e. The summed E-state index contributed by atoms with van der Waals surface area (Å²) in [5.41, 5.74) is -0.847. The number of rotatable bonds is 7. The summed E-state index contributed by atoms with van der Waals surface area (Å²) in [6, 6.07) is 0. The summed E-state index contributed by atoms with van der Waals surface area (Å²) in [4.78, 5) is 46.3. The van der Waals surface area contributed by atoms with Crippen LogP contribution in [-0.4, -0.2) is 36.6 Å². The molecule has 0 radical (unpaired) electrons. The molecule has 0 aliphatic rings. The molecule has 0 aromatic heterocycles. The molecule has 7 nitrogen and oxygen atoms in total. The molecule has 0 aliphatic heterocycles. The van der Waals surface area contributed by atoms with E-state index in [9.17, 15) is 19.2 Å². The molecular formula is C16H24O7. The third-order valence-electron chi connectivity index (χ3n) is 2.52. The van der Waals surface area contributed by atoms with Gasteiger partial charge < -0.3 is 14.2 Å². The molecule has 0 bridgehead atoms. The maximum Gasteiger partial charge on any atom is 0.355 e. The van der Waals surface area contributed by atoms with Gasteiger partial charge in [-0.25, -0.2) is 14.4 Å². The van der Waals surface area contributed by atoms with E-state index in [1.807, 2.05) is 0 Å². The minimum Gasteiger partial charge on any atom is -0.463 e. The number of carbonyl (C=O) groups is 4. The summed E-state index contributed by atoms with van der Waals surface area (Å²) in [6.07, 6.45) is 1.30. The van der Waals surface area contributed by atoms with E-state index in [4.69, 9.17) is 9.47 Å². The van der Waals surface area contributed by atoms with Crippen LogP contribution in [-0.2, 0) is 33.4 Å². The van der Waals surface area contributed by atoms with E-state index < -0.39 is 35.4 Å². The molecule has 0 aromatic rings. The zero-order valence-electron chi connectivity index (χ0n) is 14.2. The van der Waals surface area contributed by atoms with E-state index in [2.05, 4.69) is 4.74 Å². The van der Waals surface area contributed by atoms with Gasteiger partial charge in [0.05, 0.1) is 12.0 Å². The van der Waals surface area contributed by atoms with E-state index in [0.717, 1.165) is 12.2 Å². The Kier molecular flexibility index (Phi) is 8.83. The van der Waals surface area contributed by atoms with Crippen LogP contribution < -0.4 is 0 Å². The highest BCUT2D eigenvalue weighted by atomic mass is 16.6. The summed E-state index contributed by atoms with van der Waals surface area (Å²) < 4.78 is 14.3. The Bertz CT molecular complexity index is 471. The molecular weight excluding hydrogens is 304 g/mol. The van der Waals surface area contributed by atoms with Crippen LogP contribution in [0.4, 0.5) is 0 Å². The Morgan fingerprint density at radius 2 is 1.57 bits per heavy atom. The van der Waals surface area contributed by atoms with Gasteiger partial charge in [0.2, 0.25) is 0 Å². The Hall–Kier alpha value is -2.18. The molecule has 0 saturated carbocycles. The lowest BCUT2D eigenvalue weighted by atomic mass is 9.97. The lowest BCUT2D eigenvalue weighted by molar-refractivity contribution is -0.176. The minimum atomic E-state index is -1.20. The van der Waals surface area contributed by atoms with E-state index in [1.54, 1.807) is 34.6 Å². The number of carbonyl (C=O) groups excluding carboxylic acids is 4. The second kappa shape index (κ2) is 9.76. The van der Waals surface area contributed by atoms with Crippen LogP contribution in [0.3, 0.4) is 0 Å². The van der Waals surface area contributed by atoms with Gasteiger partial charge in [0.15, 0.2) is 6.10 Å². The van der Waals surface area contributed by atoms with Gasteiger partial charge in [-0.3, -0.25) is 4.79 Å². The number of hydrogen-bond donors (Lipinski definition) is 0. The van der Waals surface area contributed by atoms with E-state index in [-0.39, 0.29) is 13.0 Å². The first kappa shape index (κ1) is 20.8. The van der Waals surface area contributed by atoms with Crippen molar-refractivity contribution in [2.24, 2.45) is 5.41 Å². The standard InChI is InChI=1S/C16H24O7/c1-6-8-11(14(19)23-15(20)16(3,4)5)22-13(18)10-9-12(17)21-7-2/h9-11H,6-8H2,1-5H3/b10-9-. The normalized spacial score (nSPS) is 12.6. The van der Waals surface area contributed by atoms with Crippen molar-refractivity contribution >= 4 is 23.9 Å². The van der Waals surface area contributed by atoms with Gasteiger partial charge in [0, 0.05) is 12.2 Å². The summed E-state index contributed by atoms with van der Waals surface area (Å²) in [5.74, 6) is -3.22. The highest BCUT2D eigenvalue weighted by molar-refractivity contribution is 5.94. The van der Waals surface area contributed by atoms with Crippen molar-refractivity contribution in [3.05, 3.63) is 12.2 Å². The van der Waals surface area contributed by atoms with Crippen LogP contribution in [0.1, 0.15) is 47.5 Å². The topological polar surface area (TPSA) is 96.0 Å². The predicted octanol–water partition coefficient (Wildman–Crippen LogP) is 1.93. The first-order valence-corrected chi connectivity index (χ1v) is 7.43. The highest BCUT2D eigenvalue weighted by Crippen LogP contribution is 2.17. The third-order valence-corrected chi connectivity index (χ3v) is 2.52. The molecule has 0 aromatic carbocycles. The van der Waals surface area contributed by atoms with E-state index in [0.29, 0.717) is 6.42 Å². The van der Waals surface area contributed by atoms with Gasteiger partial charge in [-0.2, -0.15) is 0 Å². The molecule has 0 N–H and O–H groups in total. The zero-order chi connectivity index (χ0) is 18.0. The largest absolute Gasteiger partial charge is 0.463 e. The van der Waals surface area contributed by atoms with Gasteiger partial charge in [-0.05, 0) is 34.1 Å². The summed E-state index contributed by atoms with van der Waals surface area (Å²) in [7, 11) is 0. The van der Waals surface area contributed by atoms with Gasteiger partial charge in [0.25, 0.3) is 0 Å². The van der Waals surface area contributed by atoms with Crippen molar-refractivity contribution < 1.29 is 33.4 Å². The monoisotopic (exact) mass is 328 g/mol. The van der Waals surface area contributed by atoms with Crippen LogP contribution >= 0.6 is 0 Å². The molecule has 0 fully saturated rings. The second-order valence-electron chi connectivity index (χ2n) is 5.76. The first-order valence-electron chi connectivity index (χ1n) is 7.43. The number of hydrogen-bond acceptors (Lipinski definition) is 7.